The number of thiophene rings is 1. The van der Waals surface area contributed by atoms with E-state index in [1.807, 2.05) is 36.6 Å². The van der Waals surface area contributed by atoms with Crippen molar-refractivity contribution in [2.24, 2.45) is 0 Å². The molecule has 0 saturated carbocycles. The number of rotatable bonds is 3. The lowest BCUT2D eigenvalue weighted by molar-refractivity contribution is 0.182. The molecule has 1 aromatic heterocycles. The van der Waals surface area contributed by atoms with Crippen LogP contribution < -0.4 is 5.32 Å². The summed E-state index contributed by atoms with van der Waals surface area (Å²) >= 11 is 6.71. The Morgan fingerprint density at radius 1 is 1.48 bits per heavy atom. The van der Waals surface area contributed by atoms with Crippen LogP contribution in [0.25, 0.3) is 0 Å². The lowest BCUT2D eigenvalue weighted by atomic mass is 10.00. The predicted octanol–water partition coefficient (Wildman–Crippen LogP) is 3.68. The number of hydrogen-bond donors (Lipinski definition) is 2. The van der Waals surface area contributed by atoms with Crippen molar-refractivity contribution >= 4 is 34.4 Å². The van der Waals surface area contributed by atoms with E-state index >= 15 is 0 Å². The molecule has 2 unspecified atom stereocenters. The second-order valence-electron chi connectivity index (χ2n) is 5.27. The van der Waals surface area contributed by atoms with Gasteiger partial charge in [0.15, 0.2) is 0 Å². The standard InChI is InChI=1S/C16H17NO2S2/c1-10-7-12-8-11(4-5-13(12)17-16(20)19-10)9-14(18)15-3-2-6-21-15/h2-6,8,10,14,18H,7,9H2,1H3,(H,17,20). The molecule has 110 valence electrons. The van der Waals surface area contributed by atoms with Gasteiger partial charge in [0.25, 0.3) is 5.17 Å². The van der Waals surface area contributed by atoms with Gasteiger partial charge in [-0.3, -0.25) is 0 Å². The zero-order valence-corrected chi connectivity index (χ0v) is 13.3. The summed E-state index contributed by atoms with van der Waals surface area (Å²) in [4.78, 5) is 1.00. The highest BCUT2D eigenvalue weighted by Crippen LogP contribution is 2.27. The number of hydrogen-bond acceptors (Lipinski definition) is 4. The van der Waals surface area contributed by atoms with Crippen LogP contribution in [-0.2, 0) is 17.6 Å². The topological polar surface area (TPSA) is 41.5 Å². The highest BCUT2D eigenvalue weighted by molar-refractivity contribution is 7.80. The Labute approximate surface area is 133 Å². The lowest BCUT2D eigenvalue weighted by Gasteiger charge is -2.12. The Bertz CT molecular complexity index is 640. The highest BCUT2D eigenvalue weighted by atomic mass is 32.1. The van der Waals surface area contributed by atoms with Crippen LogP contribution in [0.2, 0.25) is 0 Å². The van der Waals surface area contributed by atoms with Gasteiger partial charge in [0.05, 0.1) is 6.10 Å². The normalized spacial score (nSPS) is 19.1. The first kappa shape index (κ1) is 14.5. The van der Waals surface area contributed by atoms with E-state index in [1.165, 1.54) is 5.56 Å². The summed E-state index contributed by atoms with van der Waals surface area (Å²) in [5, 5.41) is 15.8. The van der Waals surface area contributed by atoms with E-state index in [0.717, 1.165) is 22.5 Å². The highest BCUT2D eigenvalue weighted by Gasteiger charge is 2.18. The van der Waals surface area contributed by atoms with E-state index in [0.29, 0.717) is 11.6 Å². The number of anilines is 1. The van der Waals surface area contributed by atoms with Crippen molar-refractivity contribution in [1.29, 1.82) is 0 Å². The van der Waals surface area contributed by atoms with Gasteiger partial charge in [-0.1, -0.05) is 18.2 Å². The molecular formula is C16H17NO2S2. The summed E-state index contributed by atoms with van der Waals surface area (Å²) in [5.74, 6) is 0. The fourth-order valence-electron chi connectivity index (χ4n) is 2.54. The number of aliphatic hydroxyl groups is 1. The van der Waals surface area contributed by atoms with Gasteiger partial charge in [0.1, 0.15) is 6.10 Å². The molecule has 5 heteroatoms. The molecule has 0 aliphatic carbocycles. The second-order valence-corrected chi connectivity index (χ2v) is 6.62. The number of ether oxygens (including phenoxy) is 1. The van der Waals surface area contributed by atoms with Gasteiger partial charge in [0.2, 0.25) is 0 Å². The van der Waals surface area contributed by atoms with Gasteiger partial charge < -0.3 is 15.2 Å². The third kappa shape index (κ3) is 3.43. The van der Waals surface area contributed by atoms with Gasteiger partial charge in [-0.25, -0.2) is 0 Å². The lowest BCUT2D eigenvalue weighted by Crippen LogP contribution is -2.16. The van der Waals surface area contributed by atoms with E-state index in [1.54, 1.807) is 11.3 Å². The molecule has 2 aromatic rings. The molecule has 2 N–H and O–H groups in total. The van der Waals surface area contributed by atoms with Crippen LogP contribution in [0.3, 0.4) is 0 Å². The average Bonchev–Trinajstić information content (AvgIpc) is 2.91. The summed E-state index contributed by atoms with van der Waals surface area (Å²) in [6.45, 7) is 2.01. The zero-order valence-electron chi connectivity index (χ0n) is 11.7. The maximum atomic E-state index is 10.3. The van der Waals surface area contributed by atoms with E-state index < -0.39 is 6.10 Å². The second kappa shape index (κ2) is 6.13. The van der Waals surface area contributed by atoms with E-state index in [-0.39, 0.29) is 6.10 Å². The molecule has 2 heterocycles. The smallest absolute Gasteiger partial charge is 0.261 e. The molecule has 0 bridgehead atoms. The Hall–Kier alpha value is -1.43. The molecule has 1 aromatic carbocycles. The quantitative estimate of drug-likeness (QED) is 0.847. The molecule has 0 amide bonds. The van der Waals surface area contributed by atoms with Crippen LogP contribution in [0, 0.1) is 0 Å². The number of benzene rings is 1. The number of thiocarbonyl (C=S) groups is 1. The first-order valence-corrected chi connectivity index (χ1v) is 8.21. The van der Waals surface area contributed by atoms with Crippen LogP contribution in [0.5, 0.6) is 0 Å². The summed E-state index contributed by atoms with van der Waals surface area (Å²) in [7, 11) is 0. The van der Waals surface area contributed by atoms with Crippen LogP contribution in [0.1, 0.15) is 29.0 Å². The van der Waals surface area contributed by atoms with Crippen molar-refractivity contribution in [3.05, 3.63) is 51.7 Å². The molecular weight excluding hydrogens is 302 g/mol. The summed E-state index contributed by atoms with van der Waals surface area (Å²) in [6.07, 6.45) is 1.04. The first-order chi connectivity index (χ1) is 10.1. The molecule has 21 heavy (non-hydrogen) atoms. The van der Waals surface area contributed by atoms with Crippen molar-refractivity contribution in [2.45, 2.75) is 32.0 Å². The van der Waals surface area contributed by atoms with Crippen molar-refractivity contribution in [3.63, 3.8) is 0 Å². The summed E-state index contributed by atoms with van der Waals surface area (Å²) in [5.41, 5.74) is 3.30. The fourth-order valence-corrected chi connectivity index (χ4v) is 3.53. The van der Waals surface area contributed by atoms with Crippen LogP contribution in [0.15, 0.2) is 35.7 Å². The summed E-state index contributed by atoms with van der Waals surface area (Å²) < 4.78 is 5.55. The predicted molar refractivity (Wildman–Crippen MR) is 89.9 cm³/mol. The van der Waals surface area contributed by atoms with Crippen LogP contribution in [-0.4, -0.2) is 16.4 Å². The Morgan fingerprint density at radius 3 is 3.10 bits per heavy atom. The monoisotopic (exact) mass is 319 g/mol. The Morgan fingerprint density at radius 2 is 2.33 bits per heavy atom. The van der Waals surface area contributed by atoms with Gasteiger partial charge in [0, 0.05) is 23.4 Å². The molecule has 0 saturated heterocycles. The minimum atomic E-state index is -0.448. The largest absolute Gasteiger partial charge is 0.467 e. The minimum Gasteiger partial charge on any atom is -0.467 e. The van der Waals surface area contributed by atoms with Crippen LogP contribution in [0.4, 0.5) is 5.69 Å². The van der Waals surface area contributed by atoms with Gasteiger partial charge in [-0.15, -0.1) is 11.3 Å². The van der Waals surface area contributed by atoms with Crippen molar-refractivity contribution < 1.29 is 9.84 Å². The Kier molecular flexibility index (Phi) is 4.24. The van der Waals surface area contributed by atoms with Gasteiger partial charge in [-0.05, 0) is 47.8 Å². The van der Waals surface area contributed by atoms with Crippen LogP contribution >= 0.6 is 23.6 Å². The number of aliphatic hydroxyl groups excluding tert-OH is 1. The third-order valence-corrected chi connectivity index (χ3v) is 4.69. The molecule has 0 fully saturated rings. The molecule has 1 aliphatic heterocycles. The molecule has 0 radical (unpaired) electrons. The van der Waals surface area contributed by atoms with Crippen molar-refractivity contribution in [2.75, 3.05) is 5.32 Å². The van der Waals surface area contributed by atoms with Crippen molar-refractivity contribution in [3.8, 4) is 0 Å². The maximum absolute atomic E-state index is 10.3. The maximum Gasteiger partial charge on any atom is 0.261 e. The zero-order chi connectivity index (χ0) is 14.8. The van der Waals surface area contributed by atoms with E-state index in [2.05, 4.69) is 11.4 Å². The molecule has 3 rings (SSSR count). The Balaban J connectivity index is 1.81. The van der Waals surface area contributed by atoms with Gasteiger partial charge >= 0.3 is 0 Å². The number of nitrogens with one attached hydrogen (secondary N) is 1. The summed E-state index contributed by atoms with van der Waals surface area (Å²) in [6, 6.07) is 10.1. The number of fused-ring (bicyclic) bond motifs is 1. The SMILES string of the molecule is CC1Cc2cc(CC(O)c3cccs3)ccc2NC(=S)O1. The average molecular weight is 319 g/mol. The minimum absolute atomic E-state index is 0.0590. The molecule has 3 nitrogen and oxygen atoms in total. The van der Waals surface area contributed by atoms with Crippen molar-refractivity contribution in [1.82, 2.24) is 0 Å². The fraction of sp³-hybridized carbons (Fsp3) is 0.312. The first-order valence-electron chi connectivity index (χ1n) is 6.92. The molecule has 1 aliphatic rings. The van der Waals surface area contributed by atoms with Gasteiger partial charge in [-0.2, -0.15) is 0 Å². The third-order valence-electron chi connectivity index (χ3n) is 3.52. The molecule has 2 atom stereocenters. The van der Waals surface area contributed by atoms with E-state index in [4.69, 9.17) is 17.0 Å². The van der Waals surface area contributed by atoms with E-state index in [9.17, 15) is 5.11 Å². The molecule has 0 spiro atoms.